The second kappa shape index (κ2) is 6.41. The predicted octanol–water partition coefficient (Wildman–Crippen LogP) is 2.08. The van der Waals surface area contributed by atoms with Crippen LogP contribution in [0.1, 0.15) is 56.5 Å². The van der Waals surface area contributed by atoms with Crippen LogP contribution in [0.5, 0.6) is 0 Å². The van der Waals surface area contributed by atoms with E-state index in [0.717, 1.165) is 42.7 Å². The number of fused-ring (bicyclic) bond motifs is 2. The van der Waals surface area contributed by atoms with Crippen LogP contribution in [0.3, 0.4) is 0 Å². The third-order valence-corrected chi connectivity index (χ3v) is 5.32. The summed E-state index contributed by atoms with van der Waals surface area (Å²) in [5.74, 6) is 1.06. The van der Waals surface area contributed by atoms with E-state index in [-0.39, 0.29) is 5.91 Å². The van der Waals surface area contributed by atoms with Gasteiger partial charge in [-0.15, -0.1) is 0 Å². The molecule has 2 saturated heterocycles. The number of aromatic nitrogens is 1. The molecule has 0 saturated carbocycles. The van der Waals surface area contributed by atoms with Gasteiger partial charge in [0.1, 0.15) is 5.76 Å². The van der Waals surface area contributed by atoms with Crippen LogP contribution in [-0.2, 0) is 24.1 Å². The zero-order valence-electron chi connectivity index (χ0n) is 13.9. The van der Waals surface area contributed by atoms with Crippen molar-refractivity contribution in [2.75, 3.05) is 7.05 Å². The Kier molecular flexibility index (Phi) is 4.52. The minimum absolute atomic E-state index is 0.193. The average Bonchev–Trinajstić information content (AvgIpc) is 3.08. The molecule has 2 atom stereocenters. The lowest BCUT2D eigenvalue weighted by molar-refractivity contribution is -0.132. The van der Waals surface area contributed by atoms with E-state index in [4.69, 9.17) is 4.52 Å². The predicted molar refractivity (Wildman–Crippen MR) is 84.7 cm³/mol. The SMILES string of the molecule is CCc1noc(CC)c1CC(=O)N(C)C1CC2CCC(C1)N2. The van der Waals surface area contributed by atoms with Gasteiger partial charge in [0.05, 0.1) is 12.1 Å². The first-order chi connectivity index (χ1) is 10.6. The highest BCUT2D eigenvalue weighted by Gasteiger charge is 2.36. The van der Waals surface area contributed by atoms with E-state index in [0.29, 0.717) is 24.5 Å². The zero-order valence-corrected chi connectivity index (χ0v) is 13.9. The number of carbonyl (C=O) groups is 1. The number of hydrogen-bond acceptors (Lipinski definition) is 4. The lowest BCUT2D eigenvalue weighted by atomic mass is 9.97. The van der Waals surface area contributed by atoms with Crippen LogP contribution in [0.2, 0.25) is 0 Å². The van der Waals surface area contributed by atoms with E-state index in [1.807, 2.05) is 18.9 Å². The Bertz CT molecular complexity index is 507. The Balaban J connectivity index is 1.67. The molecule has 0 aromatic carbocycles. The fraction of sp³-hybridized carbons (Fsp3) is 0.765. The second-order valence-corrected chi connectivity index (χ2v) is 6.68. The molecule has 1 aromatic rings. The van der Waals surface area contributed by atoms with Gasteiger partial charge in [-0.25, -0.2) is 0 Å². The lowest BCUT2D eigenvalue weighted by Crippen LogP contribution is -2.49. The van der Waals surface area contributed by atoms with Crippen molar-refractivity contribution in [1.82, 2.24) is 15.4 Å². The lowest BCUT2D eigenvalue weighted by Gasteiger charge is -2.35. The van der Waals surface area contributed by atoms with E-state index in [9.17, 15) is 4.79 Å². The fourth-order valence-electron chi connectivity index (χ4n) is 3.96. The van der Waals surface area contributed by atoms with Gasteiger partial charge in [-0.1, -0.05) is 19.0 Å². The van der Waals surface area contributed by atoms with E-state index in [2.05, 4.69) is 17.4 Å². The van der Waals surface area contributed by atoms with Gasteiger partial charge in [0.25, 0.3) is 0 Å². The van der Waals surface area contributed by atoms with Crippen molar-refractivity contribution in [3.8, 4) is 0 Å². The number of carbonyl (C=O) groups excluding carboxylic acids is 1. The number of amides is 1. The van der Waals surface area contributed by atoms with Gasteiger partial charge in [-0.3, -0.25) is 4.79 Å². The molecule has 22 heavy (non-hydrogen) atoms. The molecular formula is C17H27N3O2. The summed E-state index contributed by atoms with van der Waals surface area (Å²) in [6, 6.07) is 1.58. The number of nitrogens with zero attached hydrogens (tertiary/aromatic N) is 2. The van der Waals surface area contributed by atoms with Crippen molar-refractivity contribution in [3.63, 3.8) is 0 Å². The normalized spacial score (nSPS) is 27.1. The van der Waals surface area contributed by atoms with Crippen molar-refractivity contribution >= 4 is 5.91 Å². The molecule has 3 rings (SSSR count). The van der Waals surface area contributed by atoms with Gasteiger partial charge in [0, 0.05) is 37.2 Å². The Morgan fingerprint density at radius 2 is 1.95 bits per heavy atom. The summed E-state index contributed by atoms with van der Waals surface area (Å²) in [5.41, 5.74) is 1.95. The molecule has 0 spiro atoms. The molecule has 2 unspecified atom stereocenters. The van der Waals surface area contributed by atoms with Gasteiger partial charge >= 0.3 is 0 Å². The number of rotatable bonds is 5. The van der Waals surface area contributed by atoms with Crippen molar-refractivity contribution < 1.29 is 9.32 Å². The highest BCUT2D eigenvalue weighted by Crippen LogP contribution is 2.29. The van der Waals surface area contributed by atoms with E-state index in [1.54, 1.807) is 0 Å². The van der Waals surface area contributed by atoms with E-state index in [1.165, 1.54) is 12.8 Å². The van der Waals surface area contributed by atoms with E-state index >= 15 is 0 Å². The quantitative estimate of drug-likeness (QED) is 0.905. The molecule has 0 radical (unpaired) electrons. The number of aryl methyl sites for hydroxylation is 2. The molecule has 5 heteroatoms. The van der Waals surface area contributed by atoms with Gasteiger partial charge in [0.15, 0.2) is 0 Å². The molecule has 0 aliphatic carbocycles. The summed E-state index contributed by atoms with van der Waals surface area (Å²) in [7, 11) is 1.96. The van der Waals surface area contributed by atoms with Crippen LogP contribution >= 0.6 is 0 Å². The van der Waals surface area contributed by atoms with Gasteiger partial charge in [0.2, 0.25) is 5.91 Å². The molecule has 122 valence electrons. The molecule has 2 aliphatic heterocycles. The van der Waals surface area contributed by atoms with Crippen LogP contribution in [0.15, 0.2) is 4.52 Å². The molecule has 2 aliphatic rings. The summed E-state index contributed by atoms with van der Waals surface area (Å²) in [6.07, 6.45) is 6.71. The minimum atomic E-state index is 0.193. The highest BCUT2D eigenvalue weighted by molar-refractivity contribution is 5.79. The molecule has 1 N–H and O–H groups in total. The highest BCUT2D eigenvalue weighted by atomic mass is 16.5. The minimum Gasteiger partial charge on any atom is -0.361 e. The van der Waals surface area contributed by atoms with Crippen LogP contribution < -0.4 is 5.32 Å². The second-order valence-electron chi connectivity index (χ2n) is 6.68. The first-order valence-corrected chi connectivity index (χ1v) is 8.60. The molecule has 2 bridgehead atoms. The maximum absolute atomic E-state index is 12.7. The van der Waals surface area contributed by atoms with E-state index < -0.39 is 0 Å². The molecule has 5 nitrogen and oxygen atoms in total. The van der Waals surface area contributed by atoms with Crippen molar-refractivity contribution in [1.29, 1.82) is 0 Å². The first-order valence-electron chi connectivity index (χ1n) is 8.60. The summed E-state index contributed by atoms with van der Waals surface area (Å²) >= 11 is 0. The summed E-state index contributed by atoms with van der Waals surface area (Å²) in [5, 5.41) is 7.74. The molecule has 3 heterocycles. The fourth-order valence-corrected chi connectivity index (χ4v) is 3.96. The maximum Gasteiger partial charge on any atom is 0.227 e. The van der Waals surface area contributed by atoms with Crippen LogP contribution in [0.25, 0.3) is 0 Å². The largest absolute Gasteiger partial charge is 0.361 e. The Morgan fingerprint density at radius 1 is 1.27 bits per heavy atom. The summed E-state index contributed by atoms with van der Waals surface area (Å²) in [6.45, 7) is 4.10. The van der Waals surface area contributed by atoms with Crippen LogP contribution in [0, 0.1) is 0 Å². The summed E-state index contributed by atoms with van der Waals surface area (Å²) < 4.78 is 5.38. The number of nitrogens with one attached hydrogen (secondary N) is 1. The zero-order chi connectivity index (χ0) is 15.7. The molecule has 2 fully saturated rings. The third kappa shape index (κ3) is 2.91. The summed E-state index contributed by atoms with van der Waals surface area (Å²) in [4.78, 5) is 14.7. The Labute approximate surface area is 132 Å². The monoisotopic (exact) mass is 305 g/mol. The molecule has 1 amide bonds. The molecular weight excluding hydrogens is 278 g/mol. The smallest absolute Gasteiger partial charge is 0.227 e. The number of piperidine rings is 1. The van der Waals surface area contributed by atoms with Gasteiger partial charge in [-0.05, 0) is 32.1 Å². The first kappa shape index (κ1) is 15.5. The number of hydrogen-bond donors (Lipinski definition) is 1. The average molecular weight is 305 g/mol. The van der Waals surface area contributed by atoms with Crippen molar-refractivity contribution in [3.05, 3.63) is 17.0 Å². The maximum atomic E-state index is 12.7. The van der Waals surface area contributed by atoms with Crippen LogP contribution in [-0.4, -0.2) is 41.1 Å². The van der Waals surface area contributed by atoms with Crippen LogP contribution in [0.4, 0.5) is 0 Å². The standard InChI is InChI=1S/C17H27N3O2/c1-4-15-14(16(5-2)22-19-15)10-17(21)20(3)13-8-11-6-7-12(9-13)18-11/h11-13,18H,4-10H2,1-3H3. The Morgan fingerprint density at radius 3 is 2.55 bits per heavy atom. The van der Waals surface area contributed by atoms with Crippen molar-refractivity contribution in [2.45, 2.75) is 76.9 Å². The van der Waals surface area contributed by atoms with Gasteiger partial charge < -0.3 is 14.7 Å². The molecule has 1 aromatic heterocycles. The van der Waals surface area contributed by atoms with Gasteiger partial charge in [-0.2, -0.15) is 0 Å². The topological polar surface area (TPSA) is 58.4 Å². The third-order valence-electron chi connectivity index (χ3n) is 5.32. The van der Waals surface area contributed by atoms with Crippen molar-refractivity contribution in [2.24, 2.45) is 0 Å². The number of likely N-dealkylation sites (N-methyl/N-ethyl adjacent to an activating group) is 1. The Hall–Kier alpha value is -1.36.